The van der Waals surface area contributed by atoms with Crippen molar-refractivity contribution in [1.82, 2.24) is 9.80 Å². The topological polar surface area (TPSA) is 61.9 Å². The average Bonchev–Trinajstić information content (AvgIpc) is 2.99. The molecule has 2 amide bonds. The van der Waals surface area contributed by atoms with Gasteiger partial charge in [-0.25, -0.2) is 4.79 Å². The van der Waals surface area contributed by atoms with Crippen LogP contribution in [0.5, 0.6) is 0 Å². The second-order valence-corrected chi connectivity index (χ2v) is 8.14. The molecule has 2 heterocycles. The summed E-state index contributed by atoms with van der Waals surface area (Å²) < 4.78 is 5.13. The van der Waals surface area contributed by atoms with Crippen LogP contribution in [-0.2, 0) is 4.74 Å². The van der Waals surface area contributed by atoms with E-state index in [9.17, 15) is 9.59 Å². The first-order valence-corrected chi connectivity index (χ1v) is 10.7. The molecule has 0 radical (unpaired) electrons. The minimum Gasteiger partial charge on any atom is -0.450 e. The molecule has 4 rings (SSSR count). The predicted octanol–water partition coefficient (Wildman–Crippen LogP) is 4.49. The molecule has 6 nitrogen and oxygen atoms in total. The summed E-state index contributed by atoms with van der Waals surface area (Å²) in [6, 6.07) is 14.3. The lowest BCUT2D eigenvalue weighted by Gasteiger charge is -2.39. The van der Waals surface area contributed by atoms with Crippen molar-refractivity contribution in [2.75, 3.05) is 25.0 Å². The van der Waals surface area contributed by atoms with E-state index in [0.717, 1.165) is 29.7 Å². The van der Waals surface area contributed by atoms with E-state index in [0.29, 0.717) is 19.7 Å². The summed E-state index contributed by atoms with van der Waals surface area (Å²) in [5, 5.41) is 3.61. The number of anilines is 1. The second kappa shape index (κ2) is 8.38. The lowest BCUT2D eigenvalue weighted by Crippen LogP contribution is -2.49. The molecule has 30 heavy (non-hydrogen) atoms. The highest BCUT2D eigenvalue weighted by atomic mass is 16.6. The SMILES string of the molecule is CCOC(=O)N1CCC(N2C(=O)c3ccccc3[C@H]2Nc2cc(C)cc(C)c2)CC1. The maximum Gasteiger partial charge on any atom is 0.409 e. The van der Waals surface area contributed by atoms with E-state index in [-0.39, 0.29) is 24.2 Å². The molecule has 2 aliphatic heterocycles. The Balaban J connectivity index is 1.58. The fourth-order valence-electron chi connectivity index (χ4n) is 4.62. The maximum atomic E-state index is 13.3. The summed E-state index contributed by atoms with van der Waals surface area (Å²) in [7, 11) is 0. The highest BCUT2D eigenvalue weighted by Crippen LogP contribution is 2.38. The molecule has 0 aromatic heterocycles. The van der Waals surface area contributed by atoms with E-state index < -0.39 is 0 Å². The summed E-state index contributed by atoms with van der Waals surface area (Å²) in [4.78, 5) is 29.1. The number of likely N-dealkylation sites (tertiary alicyclic amines) is 1. The molecular weight excluding hydrogens is 378 g/mol. The van der Waals surface area contributed by atoms with E-state index in [1.54, 1.807) is 4.90 Å². The standard InChI is InChI=1S/C24H29N3O3/c1-4-30-24(29)26-11-9-19(10-12-26)27-22(20-7-5-6-8-21(20)23(27)28)25-18-14-16(2)13-17(3)15-18/h5-8,13-15,19,22,25H,4,9-12H2,1-3H3/t22-/m0/s1. The van der Waals surface area contributed by atoms with Crippen LogP contribution in [0, 0.1) is 13.8 Å². The van der Waals surface area contributed by atoms with Crippen LogP contribution in [0.4, 0.5) is 10.5 Å². The van der Waals surface area contributed by atoms with Gasteiger partial charge >= 0.3 is 6.09 Å². The van der Waals surface area contributed by atoms with Crippen molar-refractivity contribution >= 4 is 17.7 Å². The third-order valence-electron chi connectivity index (χ3n) is 5.91. The Morgan fingerprint density at radius 2 is 1.77 bits per heavy atom. The molecule has 2 aromatic carbocycles. The summed E-state index contributed by atoms with van der Waals surface area (Å²) in [5.41, 5.74) is 5.14. The molecule has 0 saturated carbocycles. The van der Waals surface area contributed by atoms with E-state index in [4.69, 9.17) is 4.74 Å². The Hall–Kier alpha value is -3.02. The number of rotatable bonds is 4. The smallest absolute Gasteiger partial charge is 0.409 e. The number of hydrogen-bond acceptors (Lipinski definition) is 4. The second-order valence-electron chi connectivity index (χ2n) is 8.14. The Bertz CT molecular complexity index is 930. The molecule has 158 valence electrons. The van der Waals surface area contributed by atoms with E-state index >= 15 is 0 Å². The maximum absolute atomic E-state index is 13.3. The van der Waals surface area contributed by atoms with Crippen LogP contribution in [0.3, 0.4) is 0 Å². The molecule has 0 bridgehead atoms. The summed E-state index contributed by atoms with van der Waals surface area (Å²) in [6.07, 6.45) is 0.999. The Morgan fingerprint density at radius 1 is 1.10 bits per heavy atom. The number of fused-ring (bicyclic) bond motifs is 1. The number of nitrogens with zero attached hydrogens (tertiary/aromatic N) is 2. The van der Waals surface area contributed by atoms with Crippen LogP contribution < -0.4 is 5.32 Å². The van der Waals surface area contributed by atoms with Crippen LogP contribution in [0.1, 0.15) is 53.0 Å². The molecule has 0 unspecified atom stereocenters. The minimum absolute atomic E-state index is 0.0575. The zero-order valence-corrected chi connectivity index (χ0v) is 17.9. The summed E-state index contributed by atoms with van der Waals surface area (Å²) in [5.74, 6) is 0.0575. The summed E-state index contributed by atoms with van der Waals surface area (Å²) in [6.45, 7) is 7.54. The number of aryl methyl sites for hydroxylation is 2. The third-order valence-corrected chi connectivity index (χ3v) is 5.91. The van der Waals surface area contributed by atoms with E-state index in [2.05, 4.69) is 37.4 Å². The molecule has 1 N–H and O–H groups in total. The third kappa shape index (κ3) is 3.86. The van der Waals surface area contributed by atoms with Crippen LogP contribution in [0.15, 0.2) is 42.5 Å². The largest absolute Gasteiger partial charge is 0.450 e. The Labute approximate surface area is 177 Å². The Kier molecular flexibility index (Phi) is 5.66. The van der Waals surface area contributed by atoms with Crippen molar-refractivity contribution in [3.05, 3.63) is 64.7 Å². The number of hydrogen-bond donors (Lipinski definition) is 1. The zero-order valence-electron chi connectivity index (χ0n) is 17.9. The van der Waals surface area contributed by atoms with Crippen molar-refractivity contribution in [3.63, 3.8) is 0 Å². The minimum atomic E-state index is -0.267. The molecule has 2 aromatic rings. The van der Waals surface area contributed by atoms with Gasteiger partial charge in [-0.2, -0.15) is 0 Å². The molecule has 0 spiro atoms. The van der Waals surface area contributed by atoms with Gasteiger partial charge in [0.05, 0.1) is 6.61 Å². The first-order valence-electron chi connectivity index (χ1n) is 10.7. The van der Waals surface area contributed by atoms with Gasteiger partial charge in [-0.15, -0.1) is 0 Å². The molecular formula is C24H29N3O3. The first kappa shape index (κ1) is 20.3. The van der Waals surface area contributed by atoms with Crippen molar-refractivity contribution in [2.45, 2.75) is 45.8 Å². The fraction of sp³-hybridized carbons (Fsp3) is 0.417. The lowest BCUT2D eigenvalue weighted by molar-refractivity contribution is 0.0496. The van der Waals surface area contributed by atoms with Crippen LogP contribution in [0.25, 0.3) is 0 Å². The van der Waals surface area contributed by atoms with Crippen molar-refractivity contribution < 1.29 is 14.3 Å². The highest BCUT2D eigenvalue weighted by molar-refractivity contribution is 5.99. The average molecular weight is 408 g/mol. The van der Waals surface area contributed by atoms with Gasteiger partial charge in [-0.05, 0) is 62.9 Å². The molecule has 2 aliphatic rings. The summed E-state index contributed by atoms with van der Waals surface area (Å²) >= 11 is 0. The van der Waals surface area contributed by atoms with Gasteiger partial charge in [0.1, 0.15) is 6.17 Å². The first-order chi connectivity index (χ1) is 14.5. The molecule has 1 atom stereocenters. The molecule has 1 saturated heterocycles. The lowest BCUT2D eigenvalue weighted by atomic mass is 10.0. The number of amides is 2. The van der Waals surface area contributed by atoms with E-state index in [1.165, 1.54) is 11.1 Å². The van der Waals surface area contributed by atoms with Gasteiger partial charge in [-0.3, -0.25) is 4.79 Å². The zero-order chi connectivity index (χ0) is 21.3. The van der Waals surface area contributed by atoms with Crippen LogP contribution in [-0.4, -0.2) is 47.5 Å². The number of ether oxygens (including phenoxy) is 1. The number of nitrogens with one attached hydrogen (secondary N) is 1. The number of benzene rings is 2. The van der Waals surface area contributed by atoms with Crippen molar-refractivity contribution in [2.24, 2.45) is 0 Å². The Morgan fingerprint density at radius 3 is 2.43 bits per heavy atom. The van der Waals surface area contributed by atoms with Crippen molar-refractivity contribution in [3.8, 4) is 0 Å². The number of carbonyl (C=O) groups is 2. The van der Waals surface area contributed by atoms with Crippen molar-refractivity contribution in [1.29, 1.82) is 0 Å². The molecule has 1 fully saturated rings. The number of piperidine rings is 1. The van der Waals surface area contributed by atoms with Gasteiger partial charge < -0.3 is 19.9 Å². The molecule has 0 aliphatic carbocycles. The number of carbonyl (C=O) groups excluding carboxylic acids is 2. The van der Waals surface area contributed by atoms with Crippen LogP contribution in [0.2, 0.25) is 0 Å². The van der Waals surface area contributed by atoms with Crippen LogP contribution >= 0.6 is 0 Å². The van der Waals surface area contributed by atoms with Gasteiger partial charge in [0.25, 0.3) is 5.91 Å². The van der Waals surface area contributed by atoms with Gasteiger partial charge in [0.15, 0.2) is 0 Å². The highest BCUT2D eigenvalue weighted by Gasteiger charge is 2.42. The normalized spacial score (nSPS) is 19.0. The van der Waals surface area contributed by atoms with Gasteiger partial charge in [0.2, 0.25) is 0 Å². The molecule has 6 heteroatoms. The van der Waals surface area contributed by atoms with Gasteiger partial charge in [0, 0.05) is 35.9 Å². The van der Waals surface area contributed by atoms with Gasteiger partial charge in [-0.1, -0.05) is 24.3 Å². The quantitative estimate of drug-likeness (QED) is 0.811. The monoisotopic (exact) mass is 407 g/mol. The van der Waals surface area contributed by atoms with E-state index in [1.807, 2.05) is 36.1 Å². The predicted molar refractivity (Wildman–Crippen MR) is 117 cm³/mol. The fourth-order valence-corrected chi connectivity index (χ4v) is 4.62.